The summed E-state index contributed by atoms with van der Waals surface area (Å²) in [7, 11) is 1.79. The molecule has 32 heavy (non-hydrogen) atoms. The van der Waals surface area contributed by atoms with Gasteiger partial charge in [0.25, 0.3) is 5.56 Å². The van der Waals surface area contributed by atoms with Crippen LogP contribution in [0.5, 0.6) is 0 Å². The Labute approximate surface area is 183 Å². The molecule has 1 aromatic carbocycles. The molecule has 3 aromatic rings. The maximum atomic E-state index is 12.8. The Kier molecular flexibility index (Phi) is 6.04. The summed E-state index contributed by atoms with van der Waals surface area (Å²) >= 11 is 0. The number of esters is 1. The molecule has 0 bridgehead atoms. The smallest absolute Gasteiger partial charge is 0.338 e. The number of fused-ring (bicyclic) bond motifs is 1. The molecule has 0 spiro atoms. The van der Waals surface area contributed by atoms with Crippen LogP contribution in [0.1, 0.15) is 24.6 Å². The molecule has 2 aromatic heterocycles. The Balaban J connectivity index is 1.63. The molecular formula is C22H23N5O5. The molecule has 4 rings (SSSR count). The Morgan fingerprint density at radius 2 is 2.00 bits per heavy atom. The minimum atomic E-state index is -0.778. The predicted molar refractivity (Wildman–Crippen MR) is 115 cm³/mol. The number of urea groups is 1. The molecular weight excluding hydrogens is 414 g/mol. The zero-order chi connectivity index (χ0) is 22.7. The number of carbonyl (C=O) groups excluding carboxylic acids is 2. The van der Waals surface area contributed by atoms with Crippen molar-refractivity contribution in [2.75, 3.05) is 20.2 Å². The maximum Gasteiger partial charge on any atom is 0.338 e. The highest BCUT2D eigenvalue weighted by molar-refractivity contribution is 5.95. The second-order valence-electron chi connectivity index (χ2n) is 7.36. The molecule has 10 nitrogen and oxygen atoms in total. The molecule has 3 N–H and O–H groups in total. The summed E-state index contributed by atoms with van der Waals surface area (Å²) in [6.07, 6.45) is 1.47. The fourth-order valence-electron chi connectivity index (χ4n) is 3.65. The van der Waals surface area contributed by atoms with Crippen LogP contribution < -0.4 is 16.2 Å². The first-order chi connectivity index (χ1) is 15.5. The zero-order valence-electron chi connectivity index (χ0n) is 17.7. The Bertz CT molecular complexity index is 1230. The standard InChI is InChI=1S/C22H23N5O5/c1-3-31-21(29)18-15(24-22(30)26-19(18)16-9-6-10-32-16)11-27(2)12-17-23-14-8-5-4-7-13(14)20(28)25-17/h4-10,19H,3,11-12H2,1-2H3,(H,23,25,28)(H2,24,26,30)/t19-/m1/s1. The summed E-state index contributed by atoms with van der Waals surface area (Å²) in [6.45, 7) is 2.39. The van der Waals surface area contributed by atoms with Crippen molar-refractivity contribution in [1.29, 1.82) is 0 Å². The number of aromatic nitrogens is 2. The lowest BCUT2D eigenvalue weighted by atomic mass is 10.00. The number of hydrogen-bond donors (Lipinski definition) is 3. The summed E-state index contributed by atoms with van der Waals surface area (Å²) in [4.78, 5) is 46.5. The van der Waals surface area contributed by atoms with Gasteiger partial charge in [0, 0.05) is 12.2 Å². The van der Waals surface area contributed by atoms with Gasteiger partial charge in [-0.25, -0.2) is 14.6 Å². The van der Waals surface area contributed by atoms with Crippen LogP contribution in [0.25, 0.3) is 10.9 Å². The highest BCUT2D eigenvalue weighted by atomic mass is 16.5. The number of hydrogen-bond acceptors (Lipinski definition) is 7. The predicted octanol–water partition coefficient (Wildman–Crippen LogP) is 1.82. The molecule has 3 heterocycles. The Hall–Kier alpha value is -3.92. The van der Waals surface area contributed by atoms with Gasteiger partial charge in [0.15, 0.2) is 0 Å². The lowest BCUT2D eigenvalue weighted by molar-refractivity contribution is -0.139. The molecule has 0 unspecified atom stereocenters. The number of para-hydroxylation sites is 1. The third-order valence-electron chi connectivity index (χ3n) is 4.99. The van der Waals surface area contributed by atoms with Crippen molar-refractivity contribution in [3.05, 3.63) is 75.9 Å². The van der Waals surface area contributed by atoms with Crippen molar-refractivity contribution in [3.8, 4) is 0 Å². The molecule has 166 valence electrons. The fourth-order valence-corrected chi connectivity index (χ4v) is 3.65. The molecule has 10 heteroatoms. The minimum absolute atomic E-state index is 0.187. The lowest BCUT2D eigenvalue weighted by Gasteiger charge is -2.29. The fraction of sp³-hybridized carbons (Fsp3) is 0.273. The summed E-state index contributed by atoms with van der Waals surface area (Å²) in [6, 6.07) is 9.21. The SMILES string of the molecule is CCOC(=O)C1=C(CN(C)Cc2nc3ccccc3c(=O)[nH]2)NC(=O)N[C@@H]1c1ccco1. The van der Waals surface area contributed by atoms with Crippen LogP contribution >= 0.6 is 0 Å². The van der Waals surface area contributed by atoms with Gasteiger partial charge in [-0.3, -0.25) is 9.69 Å². The van der Waals surface area contributed by atoms with E-state index in [1.807, 2.05) is 11.0 Å². The van der Waals surface area contributed by atoms with Crippen LogP contribution in [-0.4, -0.2) is 47.1 Å². The summed E-state index contributed by atoms with van der Waals surface area (Å²) < 4.78 is 10.7. The van der Waals surface area contributed by atoms with Crippen LogP contribution in [-0.2, 0) is 16.1 Å². The van der Waals surface area contributed by atoms with Crippen molar-refractivity contribution in [3.63, 3.8) is 0 Å². The largest absolute Gasteiger partial charge is 0.467 e. The average molecular weight is 437 g/mol. The van der Waals surface area contributed by atoms with Crippen molar-refractivity contribution in [2.24, 2.45) is 0 Å². The zero-order valence-corrected chi connectivity index (χ0v) is 17.7. The van der Waals surface area contributed by atoms with Crippen LogP contribution in [0.2, 0.25) is 0 Å². The number of nitrogens with zero attached hydrogens (tertiary/aromatic N) is 2. The van der Waals surface area contributed by atoms with Crippen molar-refractivity contribution in [2.45, 2.75) is 19.5 Å². The molecule has 0 saturated heterocycles. The molecule has 1 aliphatic heterocycles. The summed E-state index contributed by atoms with van der Waals surface area (Å²) in [5.41, 5.74) is 1.02. The quantitative estimate of drug-likeness (QED) is 0.481. The number of furan rings is 1. The van der Waals surface area contributed by atoms with Crippen LogP contribution in [0.15, 0.2) is 63.1 Å². The number of H-pyrrole nitrogens is 1. The first-order valence-electron chi connectivity index (χ1n) is 10.1. The number of benzene rings is 1. The topological polar surface area (TPSA) is 130 Å². The van der Waals surface area contributed by atoms with Gasteiger partial charge in [-0.15, -0.1) is 0 Å². The van der Waals surface area contributed by atoms with Crippen LogP contribution in [0, 0.1) is 0 Å². The third kappa shape index (κ3) is 4.40. The van der Waals surface area contributed by atoms with Gasteiger partial charge in [-0.2, -0.15) is 0 Å². The number of aromatic amines is 1. The third-order valence-corrected chi connectivity index (χ3v) is 4.99. The highest BCUT2D eigenvalue weighted by Gasteiger charge is 2.35. The van der Waals surface area contributed by atoms with E-state index in [0.717, 1.165) is 0 Å². The van der Waals surface area contributed by atoms with E-state index < -0.39 is 18.0 Å². The molecule has 0 fully saturated rings. The van der Waals surface area contributed by atoms with Gasteiger partial charge in [0.05, 0.1) is 35.9 Å². The summed E-state index contributed by atoms with van der Waals surface area (Å²) in [5.74, 6) is 0.336. The highest BCUT2D eigenvalue weighted by Crippen LogP contribution is 2.28. The average Bonchev–Trinajstić information content (AvgIpc) is 3.28. The van der Waals surface area contributed by atoms with Crippen molar-refractivity contribution < 1.29 is 18.7 Å². The van der Waals surface area contributed by atoms with E-state index in [0.29, 0.717) is 28.2 Å². The van der Waals surface area contributed by atoms with Gasteiger partial charge in [-0.05, 0) is 38.2 Å². The van der Waals surface area contributed by atoms with E-state index >= 15 is 0 Å². The molecule has 0 radical (unpaired) electrons. The van der Waals surface area contributed by atoms with Crippen LogP contribution in [0.3, 0.4) is 0 Å². The van der Waals surface area contributed by atoms with E-state index in [-0.39, 0.29) is 30.8 Å². The van der Waals surface area contributed by atoms with E-state index in [1.165, 1.54) is 6.26 Å². The second-order valence-corrected chi connectivity index (χ2v) is 7.36. The molecule has 1 atom stereocenters. The van der Waals surface area contributed by atoms with Gasteiger partial charge in [0.1, 0.15) is 17.6 Å². The van der Waals surface area contributed by atoms with Gasteiger partial charge in [-0.1, -0.05) is 12.1 Å². The van der Waals surface area contributed by atoms with Gasteiger partial charge >= 0.3 is 12.0 Å². The number of likely N-dealkylation sites (N-methyl/N-ethyl adjacent to an activating group) is 1. The minimum Gasteiger partial charge on any atom is -0.467 e. The number of amides is 2. The number of ether oxygens (including phenoxy) is 1. The maximum absolute atomic E-state index is 12.8. The van der Waals surface area contributed by atoms with Gasteiger partial charge in [0.2, 0.25) is 0 Å². The number of nitrogens with one attached hydrogen (secondary N) is 3. The van der Waals surface area contributed by atoms with E-state index in [2.05, 4.69) is 20.6 Å². The lowest BCUT2D eigenvalue weighted by Crippen LogP contribution is -2.48. The number of carbonyl (C=O) groups is 2. The molecule has 0 aliphatic carbocycles. The first kappa shape index (κ1) is 21.3. The molecule has 1 aliphatic rings. The Morgan fingerprint density at radius 3 is 2.75 bits per heavy atom. The Morgan fingerprint density at radius 1 is 1.19 bits per heavy atom. The second kappa shape index (κ2) is 9.06. The van der Waals surface area contributed by atoms with E-state index in [4.69, 9.17) is 9.15 Å². The normalized spacial score (nSPS) is 16.2. The van der Waals surface area contributed by atoms with E-state index in [9.17, 15) is 14.4 Å². The van der Waals surface area contributed by atoms with E-state index in [1.54, 1.807) is 44.3 Å². The first-order valence-corrected chi connectivity index (χ1v) is 10.1. The van der Waals surface area contributed by atoms with Crippen molar-refractivity contribution in [1.82, 2.24) is 25.5 Å². The van der Waals surface area contributed by atoms with Gasteiger partial charge < -0.3 is 24.8 Å². The van der Waals surface area contributed by atoms with Crippen molar-refractivity contribution >= 4 is 22.9 Å². The van der Waals surface area contributed by atoms with Crippen LogP contribution in [0.4, 0.5) is 4.79 Å². The number of rotatable bonds is 7. The summed E-state index contributed by atoms with van der Waals surface area (Å²) in [5, 5.41) is 5.93. The molecule has 0 saturated carbocycles. The molecule has 2 amide bonds. The monoisotopic (exact) mass is 437 g/mol.